The quantitative estimate of drug-likeness (QED) is 0.698. The molecule has 0 nitrogen and oxygen atoms in total. The second-order valence-electron chi connectivity index (χ2n) is 3.30. The maximum Gasteiger partial charge on any atom is 0.123 e. The molecule has 1 atom stereocenters. The van der Waals surface area contributed by atoms with Gasteiger partial charge in [0.1, 0.15) is 5.82 Å². The van der Waals surface area contributed by atoms with Crippen molar-refractivity contribution in [3.8, 4) is 0 Å². The zero-order chi connectivity index (χ0) is 10.7. The summed E-state index contributed by atoms with van der Waals surface area (Å²) in [6, 6.07) is 10.4. The van der Waals surface area contributed by atoms with E-state index in [1.807, 2.05) is 11.4 Å². The molecule has 3 heteroatoms. The summed E-state index contributed by atoms with van der Waals surface area (Å²) in [7, 11) is 0. The number of hydrogen-bond donors (Lipinski definition) is 0. The molecule has 2 aromatic rings. The Morgan fingerprint density at radius 2 is 1.93 bits per heavy atom. The molecule has 0 aliphatic heterocycles. The molecule has 0 N–H and O–H groups in total. The second-order valence-corrected chi connectivity index (χ2v) is 4.86. The summed E-state index contributed by atoms with van der Waals surface area (Å²) in [6.45, 7) is 0. The number of alkyl halides is 1. The molecule has 0 spiro atoms. The van der Waals surface area contributed by atoms with Crippen molar-refractivity contribution < 1.29 is 4.39 Å². The molecule has 15 heavy (non-hydrogen) atoms. The van der Waals surface area contributed by atoms with Gasteiger partial charge in [-0.05, 0) is 29.1 Å². The monoisotopic (exact) mass is 240 g/mol. The van der Waals surface area contributed by atoms with E-state index in [-0.39, 0.29) is 11.2 Å². The summed E-state index contributed by atoms with van der Waals surface area (Å²) < 4.78 is 12.7. The summed E-state index contributed by atoms with van der Waals surface area (Å²) in [4.78, 5) is 1.25. The van der Waals surface area contributed by atoms with Crippen LogP contribution in [-0.2, 0) is 6.42 Å². The maximum absolute atomic E-state index is 12.7. The van der Waals surface area contributed by atoms with E-state index in [4.69, 9.17) is 11.6 Å². The van der Waals surface area contributed by atoms with Crippen molar-refractivity contribution in [2.24, 2.45) is 0 Å². The number of halogens is 2. The number of hydrogen-bond acceptors (Lipinski definition) is 1. The minimum atomic E-state index is -0.223. The molecule has 0 aliphatic carbocycles. The van der Waals surface area contributed by atoms with Gasteiger partial charge >= 0.3 is 0 Å². The third-order valence-electron chi connectivity index (χ3n) is 2.19. The Morgan fingerprint density at radius 1 is 1.20 bits per heavy atom. The standard InChI is InChI=1S/C12H10ClFS/c13-12(8-11-2-1-7-15-11)9-3-5-10(14)6-4-9/h1-7,12H,8H2. The molecule has 1 heterocycles. The molecule has 0 saturated carbocycles. The third kappa shape index (κ3) is 2.80. The molecule has 0 fully saturated rings. The number of benzene rings is 1. The molecular weight excluding hydrogens is 231 g/mol. The first-order valence-corrected chi connectivity index (χ1v) is 5.99. The van der Waals surface area contributed by atoms with Gasteiger partial charge in [-0.3, -0.25) is 0 Å². The van der Waals surface area contributed by atoms with Gasteiger partial charge in [0.15, 0.2) is 0 Å². The van der Waals surface area contributed by atoms with E-state index in [2.05, 4.69) is 6.07 Å². The second kappa shape index (κ2) is 4.77. The largest absolute Gasteiger partial charge is 0.207 e. The molecule has 1 aromatic heterocycles. The van der Waals surface area contributed by atoms with E-state index < -0.39 is 0 Å². The van der Waals surface area contributed by atoms with Crippen LogP contribution in [0.1, 0.15) is 15.8 Å². The molecule has 2 rings (SSSR count). The van der Waals surface area contributed by atoms with Gasteiger partial charge in [0, 0.05) is 11.3 Å². The van der Waals surface area contributed by atoms with Crippen LogP contribution >= 0.6 is 22.9 Å². The molecule has 0 saturated heterocycles. The van der Waals surface area contributed by atoms with Crippen LogP contribution < -0.4 is 0 Å². The fraction of sp³-hybridized carbons (Fsp3) is 0.167. The first-order valence-electron chi connectivity index (χ1n) is 4.67. The van der Waals surface area contributed by atoms with Crippen LogP contribution in [0, 0.1) is 5.82 Å². The van der Waals surface area contributed by atoms with Gasteiger partial charge in [0.25, 0.3) is 0 Å². The molecule has 0 aliphatic rings. The van der Waals surface area contributed by atoms with Crippen LogP contribution in [0.5, 0.6) is 0 Å². The van der Waals surface area contributed by atoms with E-state index in [0.29, 0.717) is 0 Å². The average Bonchev–Trinajstić information content (AvgIpc) is 2.71. The van der Waals surface area contributed by atoms with Crippen molar-refractivity contribution in [2.45, 2.75) is 11.8 Å². The van der Waals surface area contributed by atoms with Crippen LogP contribution in [0.15, 0.2) is 41.8 Å². The number of rotatable bonds is 3. The van der Waals surface area contributed by atoms with E-state index >= 15 is 0 Å². The summed E-state index contributed by atoms with van der Waals surface area (Å²) in [5.74, 6) is -0.223. The van der Waals surface area contributed by atoms with Crippen molar-refractivity contribution in [3.05, 3.63) is 58.0 Å². The molecule has 78 valence electrons. The van der Waals surface area contributed by atoms with Gasteiger partial charge < -0.3 is 0 Å². The summed E-state index contributed by atoms with van der Waals surface area (Å²) in [5.41, 5.74) is 0.964. The first-order chi connectivity index (χ1) is 7.25. The lowest BCUT2D eigenvalue weighted by molar-refractivity contribution is 0.627. The molecule has 0 radical (unpaired) electrons. The minimum Gasteiger partial charge on any atom is -0.207 e. The summed E-state index contributed by atoms with van der Waals surface area (Å²) in [5, 5.41) is 1.95. The normalized spacial score (nSPS) is 12.7. The van der Waals surface area contributed by atoms with E-state index in [1.165, 1.54) is 17.0 Å². The van der Waals surface area contributed by atoms with Gasteiger partial charge in [-0.2, -0.15) is 0 Å². The van der Waals surface area contributed by atoms with Crippen LogP contribution in [0.25, 0.3) is 0 Å². The van der Waals surface area contributed by atoms with Gasteiger partial charge in [-0.15, -0.1) is 22.9 Å². The van der Waals surface area contributed by atoms with Crippen LogP contribution in [0.3, 0.4) is 0 Å². The highest BCUT2D eigenvalue weighted by molar-refractivity contribution is 7.09. The number of thiophene rings is 1. The SMILES string of the molecule is Fc1ccc(C(Cl)Cc2cccs2)cc1. The topological polar surface area (TPSA) is 0 Å². The van der Waals surface area contributed by atoms with Gasteiger partial charge in [0.2, 0.25) is 0 Å². The summed E-state index contributed by atoms with van der Waals surface area (Å²) >= 11 is 7.92. The predicted octanol–water partition coefficient (Wildman–Crippen LogP) is 4.41. The van der Waals surface area contributed by atoms with E-state index in [9.17, 15) is 4.39 Å². The zero-order valence-corrected chi connectivity index (χ0v) is 9.56. The van der Waals surface area contributed by atoms with Crippen LogP contribution in [-0.4, -0.2) is 0 Å². The Kier molecular flexibility index (Phi) is 3.39. The van der Waals surface area contributed by atoms with Crippen molar-refractivity contribution in [1.82, 2.24) is 0 Å². The van der Waals surface area contributed by atoms with E-state index in [1.54, 1.807) is 23.5 Å². The summed E-state index contributed by atoms with van der Waals surface area (Å²) in [6.07, 6.45) is 0.796. The van der Waals surface area contributed by atoms with Gasteiger partial charge in [-0.1, -0.05) is 18.2 Å². The van der Waals surface area contributed by atoms with Crippen molar-refractivity contribution in [1.29, 1.82) is 0 Å². The highest BCUT2D eigenvalue weighted by Crippen LogP contribution is 2.26. The fourth-order valence-corrected chi connectivity index (χ4v) is 2.55. The highest BCUT2D eigenvalue weighted by Gasteiger charge is 2.09. The molecule has 1 aromatic carbocycles. The average molecular weight is 241 g/mol. The smallest absolute Gasteiger partial charge is 0.123 e. The minimum absolute atomic E-state index is 0.0794. The van der Waals surface area contributed by atoms with Crippen molar-refractivity contribution >= 4 is 22.9 Å². The highest BCUT2D eigenvalue weighted by atomic mass is 35.5. The lowest BCUT2D eigenvalue weighted by atomic mass is 10.1. The van der Waals surface area contributed by atoms with Gasteiger partial charge in [0.05, 0.1) is 5.38 Å². The molecule has 1 unspecified atom stereocenters. The Hall–Kier alpha value is -0.860. The Balaban J connectivity index is 2.08. The van der Waals surface area contributed by atoms with Crippen molar-refractivity contribution in [3.63, 3.8) is 0 Å². The van der Waals surface area contributed by atoms with Crippen molar-refractivity contribution in [2.75, 3.05) is 0 Å². The van der Waals surface area contributed by atoms with Crippen LogP contribution in [0.4, 0.5) is 4.39 Å². The lowest BCUT2D eigenvalue weighted by Gasteiger charge is -2.07. The Morgan fingerprint density at radius 3 is 2.53 bits per heavy atom. The Labute approximate surface area is 97.3 Å². The lowest BCUT2D eigenvalue weighted by Crippen LogP contribution is -1.93. The maximum atomic E-state index is 12.7. The third-order valence-corrected chi connectivity index (χ3v) is 3.50. The van der Waals surface area contributed by atoms with Crippen LogP contribution in [0.2, 0.25) is 0 Å². The zero-order valence-electron chi connectivity index (χ0n) is 7.99. The first kappa shape index (κ1) is 10.7. The fourth-order valence-electron chi connectivity index (χ4n) is 1.39. The molecule has 0 bridgehead atoms. The van der Waals surface area contributed by atoms with Gasteiger partial charge in [-0.25, -0.2) is 4.39 Å². The van der Waals surface area contributed by atoms with E-state index in [0.717, 1.165) is 12.0 Å². The Bertz CT molecular complexity index is 408. The molecular formula is C12H10ClFS. The predicted molar refractivity (Wildman–Crippen MR) is 63.0 cm³/mol. The molecule has 0 amide bonds.